The van der Waals surface area contributed by atoms with Crippen molar-refractivity contribution in [2.45, 2.75) is 70.3 Å². The summed E-state index contributed by atoms with van der Waals surface area (Å²) >= 11 is 0. The number of carbonyl (C=O) groups is 1. The first-order valence-corrected chi connectivity index (χ1v) is 8.91. The quantitative estimate of drug-likeness (QED) is 0.709. The second kappa shape index (κ2) is 9.42. The Morgan fingerprint density at radius 1 is 1.10 bits per heavy atom. The van der Waals surface area contributed by atoms with Gasteiger partial charge in [0.25, 0.3) is 0 Å². The Kier molecular flexibility index (Phi) is 7.51. The van der Waals surface area contributed by atoms with E-state index >= 15 is 0 Å². The molecule has 0 aromatic rings. The predicted octanol–water partition coefficient (Wildman–Crippen LogP) is 2.31. The van der Waals surface area contributed by atoms with Crippen LogP contribution in [0.5, 0.6) is 0 Å². The van der Waals surface area contributed by atoms with Crippen LogP contribution in [0.1, 0.15) is 64.2 Å². The number of likely N-dealkylation sites (tertiary alicyclic amines) is 1. The average Bonchev–Trinajstić information content (AvgIpc) is 2.52. The maximum absolute atomic E-state index is 11.8. The van der Waals surface area contributed by atoms with Crippen molar-refractivity contribution in [3.63, 3.8) is 0 Å². The Morgan fingerprint density at radius 3 is 2.52 bits per heavy atom. The minimum absolute atomic E-state index is 0.0965. The highest BCUT2D eigenvalue weighted by Crippen LogP contribution is 2.27. The van der Waals surface area contributed by atoms with E-state index in [-0.39, 0.29) is 12.0 Å². The van der Waals surface area contributed by atoms with Gasteiger partial charge in [-0.3, -0.25) is 4.79 Å². The highest BCUT2D eigenvalue weighted by atomic mass is 16.3. The standard InChI is InChI=1S/C17H32N2O2/c20-16-9-13-19(14-10-16)12-4-11-18-17(21)8-7-15-5-2-1-3-6-15/h15-16,20H,1-14H2,(H,18,21). The first kappa shape index (κ1) is 16.8. The summed E-state index contributed by atoms with van der Waals surface area (Å²) in [6.07, 6.45) is 11.3. The van der Waals surface area contributed by atoms with Crippen LogP contribution in [-0.4, -0.2) is 48.2 Å². The van der Waals surface area contributed by atoms with Crippen LogP contribution in [0, 0.1) is 5.92 Å². The van der Waals surface area contributed by atoms with Gasteiger partial charge in [0.1, 0.15) is 0 Å². The summed E-state index contributed by atoms with van der Waals surface area (Å²) in [4.78, 5) is 14.2. The Labute approximate surface area is 129 Å². The number of aliphatic hydroxyl groups is 1. The Bertz CT molecular complexity index is 295. The lowest BCUT2D eigenvalue weighted by atomic mass is 9.86. The van der Waals surface area contributed by atoms with E-state index in [1.54, 1.807) is 0 Å². The fraction of sp³-hybridized carbons (Fsp3) is 0.941. The molecule has 1 saturated carbocycles. The molecule has 2 fully saturated rings. The number of carbonyl (C=O) groups excluding carboxylic acids is 1. The summed E-state index contributed by atoms with van der Waals surface area (Å²) < 4.78 is 0. The topological polar surface area (TPSA) is 52.6 Å². The number of nitrogens with zero attached hydrogens (tertiary/aromatic N) is 1. The van der Waals surface area contributed by atoms with Gasteiger partial charge in [-0.1, -0.05) is 32.1 Å². The normalized spacial score (nSPS) is 22.3. The molecule has 0 spiro atoms. The fourth-order valence-electron chi connectivity index (χ4n) is 3.57. The second-order valence-corrected chi connectivity index (χ2v) is 6.82. The molecule has 0 radical (unpaired) electrons. The molecule has 2 N–H and O–H groups in total. The van der Waals surface area contributed by atoms with E-state index in [0.717, 1.165) is 57.8 Å². The van der Waals surface area contributed by atoms with Gasteiger partial charge in [-0.2, -0.15) is 0 Å². The van der Waals surface area contributed by atoms with Crippen molar-refractivity contribution in [1.29, 1.82) is 0 Å². The van der Waals surface area contributed by atoms with Crippen molar-refractivity contribution >= 4 is 5.91 Å². The molecular weight excluding hydrogens is 264 g/mol. The number of hydrogen-bond acceptors (Lipinski definition) is 3. The van der Waals surface area contributed by atoms with Crippen molar-refractivity contribution in [2.75, 3.05) is 26.2 Å². The maximum atomic E-state index is 11.8. The molecule has 1 amide bonds. The van der Waals surface area contributed by atoms with E-state index in [1.165, 1.54) is 32.1 Å². The first-order valence-electron chi connectivity index (χ1n) is 8.91. The Balaban J connectivity index is 1.45. The van der Waals surface area contributed by atoms with Gasteiger partial charge in [-0.25, -0.2) is 0 Å². The summed E-state index contributed by atoms with van der Waals surface area (Å²) in [5.74, 6) is 1.03. The smallest absolute Gasteiger partial charge is 0.220 e. The van der Waals surface area contributed by atoms with Gasteiger partial charge in [-0.05, 0) is 38.1 Å². The van der Waals surface area contributed by atoms with E-state index in [2.05, 4.69) is 10.2 Å². The minimum Gasteiger partial charge on any atom is -0.393 e. The fourth-order valence-corrected chi connectivity index (χ4v) is 3.57. The molecule has 4 nitrogen and oxygen atoms in total. The average molecular weight is 296 g/mol. The molecule has 1 aliphatic carbocycles. The van der Waals surface area contributed by atoms with Crippen molar-refractivity contribution in [1.82, 2.24) is 10.2 Å². The molecule has 21 heavy (non-hydrogen) atoms. The molecule has 0 aromatic carbocycles. The number of aliphatic hydroxyl groups excluding tert-OH is 1. The highest BCUT2D eigenvalue weighted by molar-refractivity contribution is 5.75. The lowest BCUT2D eigenvalue weighted by Crippen LogP contribution is -2.37. The van der Waals surface area contributed by atoms with E-state index in [0.29, 0.717) is 6.42 Å². The van der Waals surface area contributed by atoms with Crippen molar-refractivity contribution in [2.24, 2.45) is 5.92 Å². The Hall–Kier alpha value is -0.610. The van der Waals surface area contributed by atoms with Gasteiger partial charge < -0.3 is 15.3 Å². The highest BCUT2D eigenvalue weighted by Gasteiger charge is 2.16. The zero-order valence-corrected chi connectivity index (χ0v) is 13.4. The molecule has 0 bridgehead atoms. The molecule has 2 aliphatic rings. The lowest BCUT2D eigenvalue weighted by molar-refractivity contribution is -0.121. The first-order chi connectivity index (χ1) is 10.2. The molecule has 0 aromatic heterocycles. The number of hydrogen-bond donors (Lipinski definition) is 2. The second-order valence-electron chi connectivity index (χ2n) is 6.82. The third kappa shape index (κ3) is 6.79. The van der Waals surface area contributed by atoms with Gasteiger partial charge in [0, 0.05) is 26.1 Å². The van der Waals surface area contributed by atoms with Crippen molar-refractivity contribution < 1.29 is 9.90 Å². The van der Waals surface area contributed by atoms with E-state index < -0.39 is 0 Å². The summed E-state index contributed by atoms with van der Waals surface area (Å²) in [5.41, 5.74) is 0. The lowest BCUT2D eigenvalue weighted by Gasteiger charge is -2.29. The molecule has 1 aliphatic heterocycles. The molecule has 122 valence electrons. The largest absolute Gasteiger partial charge is 0.393 e. The molecule has 1 saturated heterocycles. The third-order valence-corrected chi connectivity index (χ3v) is 5.03. The van der Waals surface area contributed by atoms with Crippen LogP contribution in [-0.2, 0) is 4.79 Å². The van der Waals surface area contributed by atoms with Gasteiger partial charge in [0.15, 0.2) is 0 Å². The molecular formula is C17H32N2O2. The zero-order valence-electron chi connectivity index (χ0n) is 13.4. The molecule has 0 unspecified atom stereocenters. The van der Waals surface area contributed by atoms with Crippen LogP contribution >= 0.6 is 0 Å². The zero-order chi connectivity index (χ0) is 14.9. The summed E-state index contributed by atoms with van der Waals surface area (Å²) in [7, 11) is 0. The van der Waals surface area contributed by atoms with Crippen molar-refractivity contribution in [3.8, 4) is 0 Å². The predicted molar refractivity (Wildman–Crippen MR) is 85.1 cm³/mol. The summed E-state index contributed by atoms with van der Waals surface area (Å²) in [6, 6.07) is 0. The van der Waals surface area contributed by atoms with Crippen molar-refractivity contribution in [3.05, 3.63) is 0 Å². The van der Waals surface area contributed by atoms with Crippen LogP contribution in [0.15, 0.2) is 0 Å². The van der Waals surface area contributed by atoms with Gasteiger partial charge in [0.05, 0.1) is 6.10 Å². The minimum atomic E-state index is -0.0965. The van der Waals surface area contributed by atoms with E-state index in [9.17, 15) is 9.90 Å². The monoisotopic (exact) mass is 296 g/mol. The number of amides is 1. The van der Waals surface area contributed by atoms with Crippen LogP contribution in [0.4, 0.5) is 0 Å². The molecule has 1 heterocycles. The molecule has 0 atom stereocenters. The van der Waals surface area contributed by atoms with E-state index in [1.807, 2.05) is 0 Å². The van der Waals surface area contributed by atoms with Crippen LogP contribution in [0.3, 0.4) is 0 Å². The number of piperidine rings is 1. The Morgan fingerprint density at radius 2 is 1.81 bits per heavy atom. The number of rotatable bonds is 7. The number of nitrogens with one attached hydrogen (secondary N) is 1. The van der Waals surface area contributed by atoms with E-state index in [4.69, 9.17) is 0 Å². The van der Waals surface area contributed by atoms with Crippen LogP contribution in [0.2, 0.25) is 0 Å². The SMILES string of the molecule is O=C(CCC1CCCCC1)NCCCN1CCC(O)CC1. The molecule has 4 heteroatoms. The van der Waals surface area contributed by atoms with Crippen LogP contribution < -0.4 is 5.32 Å². The van der Waals surface area contributed by atoms with Gasteiger partial charge in [-0.15, -0.1) is 0 Å². The third-order valence-electron chi connectivity index (χ3n) is 5.03. The summed E-state index contributed by atoms with van der Waals surface area (Å²) in [5, 5.41) is 12.5. The van der Waals surface area contributed by atoms with Gasteiger partial charge in [0.2, 0.25) is 5.91 Å². The van der Waals surface area contributed by atoms with Crippen LogP contribution in [0.25, 0.3) is 0 Å². The van der Waals surface area contributed by atoms with Gasteiger partial charge >= 0.3 is 0 Å². The maximum Gasteiger partial charge on any atom is 0.220 e. The summed E-state index contributed by atoms with van der Waals surface area (Å²) in [6.45, 7) is 3.83. The molecule has 2 rings (SSSR count).